The molecule has 1 aromatic heterocycles. The van der Waals surface area contributed by atoms with Crippen LogP contribution in [0.3, 0.4) is 0 Å². The normalized spacial score (nSPS) is 12.1. The number of pyridine rings is 1. The van der Waals surface area contributed by atoms with Gasteiger partial charge in [-0.05, 0) is 18.1 Å². The van der Waals surface area contributed by atoms with Gasteiger partial charge in [-0.25, -0.2) is 4.98 Å². The molecule has 7 heteroatoms. The van der Waals surface area contributed by atoms with Crippen molar-refractivity contribution in [2.24, 2.45) is 11.7 Å². The Morgan fingerprint density at radius 2 is 2.11 bits per heavy atom. The van der Waals surface area contributed by atoms with Gasteiger partial charge in [0.1, 0.15) is 0 Å². The van der Waals surface area contributed by atoms with Gasteiger partial charge in [0, 0.05) is 0 Å². The lowest BCUT2D eigenvalue weighted by Gasteiger charge is -2.15. The van der Waals surface area contributed by atoms with Crippen LogP contribution in [-0.2, 0) is 9.59 Å². The number of carbonyl (C=O) groups excluding carboxylic acids is 2. The van der Waals surface area contributed by atoms with E-state index in [9.17, 15) is 14.0 Å². The fraction of sp³-hybridized carbons (Fsp3) is 0.417. The predicted molar refractivity (Wildman–Crippen MR) is 68.6 cm³/mol. The number of rotatable bonds is 5. The summed E-state index contributed by atoms with van der Waals surface area (Å²) in [6.07, 6.45) is 1.19. The smallest absolute Gasteiger partial charge is 0.243 e. The van der Waals surface area contributed by atoms with Crippen LogP contribution in [0.15, 0.2) is 18.3 Å². The lowest BCUT2D eigenvalue weighted by molar-refractivity contribution is -0.125. The first-order valence-electron chi connectivity index (χ1n) is 5.85. The second-order valence-electron chi connectivity index (χ2n) is 4.41. The molecule has 0 spiro atoms. The van der Waals surface area contributed by atoms with Crippen LogP contribution in [-0.4, -0.2) is 29.4 Å². The van der Waals surface area contributed by atoms with Crippen molar-refractivity contribution in [1.82, 2.24) is 10.3 Å². The number of carbonyl (C=O) groups is 2. The van der Waals surface area contributed by atoms with Crippen molar-refractivity contribution in [3.8, 4) is 0 Å². The van der Waals surface area contributed by atoms with Crippen molar-refractivity contribution < 1.29 is 14.0 Å². The molecule has 0 fully saturated rings. The lowest BCUT2D eigenvalue weighted by atomic mass is 10.1. The topological polar surface area (TPSA) is 97.1 Å². The zero-order chi connectivity index (χ0) is 14.4. The fourth-order valence-electron chi connectivity index (χ4n) is 1.24. The van der Waals surface area contributed by atoms with Gasteiger partial charge in [0.05, 0.1) is 24.5 Å². The van der Waals surface area contributed by atoms with E-state index in [-0.39, 0.29) is 18.4 Å². The van der Waals surface area contributed by atoms with Crippen molar-refractivity contribution in [1.29, 1.82) is 0 Å². The number of nitrogens with two attached hydrogens (primary N) is 1. The zero-order valence-corrected chi connectivity index (χ0v) is 10.8. The first kappa shape index (κ1) is 15.0. The molecule has 1 heterocycles. The van der Waals surface area contributed by atoms with Gasteiger partial charge >= 0.3 is 0 Å². The Hall–Kier alpha value is -2.02. The minimum atomic E-state index is -0.653. The Morgan fingerprint density at radius 3 is 2.63 bits per heavy atom. The Morgan fingerprint density at radius 1 is 1.42 bits per heavy atom. The maximum absolute atomic E-state index is 12.5. The molecule has 1 atom stereocenters. The van der Waals surface area contributed by atoms with E-state index in [2.05, 4.69) is 15.6 Å². The molecule has 0 aliphatic rings. The molecule has 0 bridgehead atoms. The highest BCUT2D eigenvalue weighted by molar-refractivity contribution is 5.95. The number of anilines is 1. The van der Waals surface area contributed by atoms with E-state index in [0.29, 0.717) is 5.69 Å². The van der Waals surface area contributed by atoms with Crippen molar-refractivity contribution >= 4 is 17.5 Å². The summed E-state index contributed by atoms with van der Waals surface area (Å²) in [5.74, 6) is -1.46. The highest BCUT2D eigenvalue weighted by Crippen LogP contribution is 2.04. The zero-order valence-electron chi connectivity index (χ0n) is 10.8. The Bertz CT molecular complexity index is 448. The molecular formula is C12H17FN4O2. The van der Waals surface area contributed by atoms with Gasteiger partial charge in [-0.15, -0.1) is 0 Å². The molecule has 0 aromatic carbocycles. The number of amides is 2. The Labute approximate surface area is 110 Å². The highest BCUT2D eigenvalue weighted by Gasteiger charge is 2.17. The van der Waals surface area contributed by atoms with Crippen molar-refractivity contribution in [3.63, 3.8) is 0 Å². The molecule has 2 amide bonds. The van der Waals surface area contributed by atoms with E-state index in [0.717, 1.165) is 6.07 Å². The van der Waals surface area contributed by atoms with Crippen molar-refractivity contribution in [2.75, 3.05) is 11.9 Å². The third-order valence-electron chi connectivity index (χ3n) is 2.46. The molecule has 1 aromatic rings. The molecule has 4 N–H and O–H groups in total. The molecule has 104 valence electrons. The summed E-state index contributed by atoms with van der Waals surface area (Å²) < 4.78 is 12.5. The molecule has 0 radical (unpaired) electrons. The molecule has 0 unspecified atom stereocenters. The van der Waals surface area contributed by atoms with Gasteiger partial charge in [-0.3, -0.25) is 9.59 Å². The lowest BCUT2D eigenvalue weighted by Crippen LogP contribution is -2.46. The van der Waals surface area contributed by atoms with Gasteiger partial charge in [0.2, 0.25) is 17.8 Å². The van der Waals surface area contributed by atoms with Crippen LogP contribution >= 0.6 is 0 Å². The Balaban J connectivity index is 2.40. The third kappa shape index (κ3) is 5.01. The van der Waals surface area contributed by atoms with E-state index in [1.807, 2.05) is 13.8 Å². The van der Waals surface area contributed by atoms with Crippen molar-refractivity contribution in [3.05, 3.63) is 24.3 Å². The van der Waals surface area contributed by atoms with Crippen molar-refractivity contribution in [2.45, 2.75) is 19.9 Å². The largest absolute Gasteiger partial charge is 0.346 e. The van der Waals surface area contributed by atoms with Gasteiger partial charge < -0.3 is 16.4 Å². The standard InChI is InChI=1S/C12H17FN4O2/c1-7(2)11(14)12(19)16-6-10(18)17-8-3-4-9(13)15-5-8/h3-5,7,11H,6,14H2,1-2H3,(H,16,19)(H,17,18)/t11-/m0/s1. The van der Waals surface area contributed by atoms with Gasteiger partial charge in [-0.2, -0.15) is 4.39 Å². The van der Waals surface area contributed by atoms with Gasteiger partial charge in [0.15, 0.2) is 0 Å². The van der Waals surface area contributed by atoms with Crippen LogP contribution in [0.25, 0.3) is 0 Å². The van der Waals surface area contributed by atoms with E-state index in [4.69, 9.17) is 5.73 Å². The fourth-order valence-corrected chi connectivity index (χ4v) is 1.24. The van der Waals surface area contributed by atoms with E-state index in [1.54, 1.807) is 0 Å². The van der Waals surface area contributed by atoms with E-state index < -0.39 is 17.9 Å². The minimum absolute atomic E-state index is 0.00985. The Kier molecular flexibility index (Phi) is 5.37. The maximum Gasteiger partial charge on any atom is 0.243 e. The average molecular weight is 268 g/mol. The van der Waals surface area contributed by atoms with E-state index in [1.165, 1.54) is 12.3 Å². The second kappa shape index (κ2) is 6.79. The summed E-state index contributed by atoms with van der Waals surface area (Å²) >= 11 is 0. The summed E-state index contributed by atoms with van der Waals surface area (Å²) in [6.45, 7) is 3.43. The van der Waals surface area contributed by atoms with Crippen LogP contribution < -0.4 is 16.4 Å². The number of halogens is 1. The molecular weight excluding hydrogens is 251 g/mol. The SMILES string of the molecule is CC(C)[C@H](N)C(=O)NCC(=O)Nc1ccc(F)nc1. The molecule has 1 rings (SSSR count). The van der Waals surface area contributed by atoms with Crippen LogP contribution in [0.5, 0.6) is 0 Å². The quantitative estimate of drug-likeness (QED) is 0.667. The molecule has 6 nitrogen and oxygen atoms in total. The highest BCUT2D eigenvalue weighted by atomic mass is 19.1. The average Bonchev–Trinajstić information content (AvgIpc) is 2.37. The summed E-state index contributed by atoms with van der Waals surface area (Å²) in [5.41, 5.74) is 5.98. The van der Waals surface area contributed by atoms with Gasteiger partial charge in [0.25, 0.3) is 0 Å². The molecule has 0 saturated heterocycles. The number of nitrogens with zero attached hydrogens (tertiary/aromatic N) is 1. The summed E-state index contributed by atoms with van der Waals surface area (Å²) in [4.78, 5) is 26.4. The number of nitrogens with one attached hydrogen (secondary N) is 2. The first-order chi connectivity index (χ1) is 8.90. The number of hydrogen-bond donors (Lipinski definition) is 3. The van der Waals surface area contributed by atoms with Crippen LogP contribution in [0.1, 0.15) is 13.8 Å². The minimum Gasteiger partial charge on any atom is -0.346 e. The number of hydrogen-bond acceptors (Lipinski definition) is 4. The molecule has 19 heavy (non-hydrogen) atoms. The monoisotopic (exact) mass is 268 g/mol. The molecule has 0 aliphatic carbocycles. The van der Waals surface area contributed by atoms with E-state index >= 15 is 0 Å². The van der Waals surface area contributed by atoms with Crippen LogP contribution in [0, 0.1) is 11.9 Å². The summed E-state index contributed by atoms with van der Waals surface area (Å²) in [5, 5.41) is 4.89. The predicted octanol–water partition coefficient (Wildman–Crippen LogP) is 0.259. The number of aromatic nitrogens is 1. The van der Waals surface area contributed by atoms with Crippen LogP contribution in [0.2, 0.25) is 0 Å². The maximum atomic E-state index is 12.5. The first-order valence-corrected chi connectivity index (χ1v) is 5.85. The second-order valence-corrected chi connectivity index (χ2v) is 4.41. The molecule has 0 saturated carbocycles. The summed E-state index contributed by atoms with van der Waals surface area (Å²) in [6, 6.07) is 1.85. The summed E-state index contributed by atoms with van der Waals surface area (Å²) in [7, 11) is 0. The van der Waals surface area contributed by atoms with Crippen LogP contribution in [0.4, 0.5) is 10.1 Å². The molecule has 0 aliphatic heterocycles. The third-order valence-corrected chi connectivity index (χ3v) is 2.46. The van der Waals surface area contributed by atoms with Gasteiger partial charge in [-0.1, -0.05) is 13.8 Å².